The summed E-state index contributed by atoms with van der Waals surface area (Å²) >= 11 is 0. The van der Waals surface area contributed by atoms with E-state index in [-0.39, 0.29) is 0 Å². The fourth-order valence-corrected chi connectivity index (χ4v) is 4.04. The summed E-state index contributed by atoms with van der Waals surface area (Å²) in [7, 11) is 0. The van der Waals surface area contributed by atoms with Gasteiger partial charge in [0.1, 0.15) is 5.75 Å². The maximum atomic E-state index is 9.72. The van der Waals surface area contributed by atoms with Gasteiger partial charge < -0.3 is 9.52 Å². The van der Waals surface area contributed by atoms with Crippen LogP contribution in [0.2, 0.25) is 0 Å². The van der Waals surface area contributed by atoms with Crippen LogP contribution >= 0.6 is 0 Å². The molecule has 1 fully saturated rings. The molecule has 4 rings (SSSR count). The number of phenols is 1. The third-order valence-corrected chi connectivity index (χ3v) is 5.49. The van der Waals surface area contributed by atoms with Gasteiger partial charge in [-0.05, 0) is 66.1 Å². The molecule has 27 heavy (non-hydrogen) atoms. The smallest absolute Gasteiger partial charge is 0.115 e. The van der Waals surface area contributed by atoms with Gasteiger partial charge in [0.05, 0.1) is 12.5 Å². The van der Waals surface area contributed by atoms with Crippen LogP contribution < -0.4 is 0 Å². The molecule has 0 amide bonds. The van der Waals surface area contributed by atoms with E-state index in [1.165, 1.54) is 67.2 Å². The van der Waals surface area contributed by atoms with Gasteiger partial charge in [0.15, 0.2) is 0 Å². The van der Waals surface area contributed by atoms with Crippen LogP contribution in [0.3, 0.4) is 0 Å². The Morgan fingerprint density at radius 3 is 1.85 bits per heavy atom. The summed E-state index contributed by atoms with van der Waals surface area (Å²) in [6.07, 6.45) is 12.4. The lowest BCUT2D eigenvalue weighted by Crippen LogP contribution is -1.99. The zero-order valence-corrected chi connectivity index (χ0v) is 15.7. The number of rotatable bonds is 3. The highest BCUT2D eigenvalue weighted by atomic mass is 16.3. The summed E-state index contributed by atoms with van der Waals surface area (Å²) in [4.78, 5) is 0. The van der Waals surface area contributed by atoms with Crippen molar-refractivity contribution >= 4 is 5.57 Å². The van der Waals surface area contributed by atoms with Crippen LogP contribution in [0.25, 0.3) is 16.7 Å². The first-order valence-electron chi connectivity index (χ1n) is 9.96. The van der Waals surface area contributed by atoms with Crippen molar-refractivity contribution < 1.29 is 9.52 Å². The van der Waals surface area contributed by atoms with Crippen molar-refractivity contribution in [1.82, 2.24) is 0 Å². The molecule has 0 atom stereocenters. The van der Waals surface area contributed by atoms with Crippen molar-refractivity contribution in [2.24, 2.45) is 0 Å². The Morgan fingerprint density at radius 1 is 0.667 bits per heavy atom. The number of benzene rings is 2. The number of hydrogen-bond acceptors (Lipinski definition) is 2. The van der Waals surface area contributed by atoms with Gasteiger partial charge in [-0.15, -0.1) is 0 Å². The molecule has 0 aliphatic heterocycles. The molecule has 0 bridgehead atoms. The molecule has 1 aliphatic carbocycles. The van der Waals surface area contributed by atoms with Crippen molar-refractivity contribution in [2.45, 2.75) is 44.9 Å². The van der Waals surface area contributed by atoms with Gasteiger partial charge in [0.25, 0.3) is 0 Å². The first-order chi connectivity index (χ1) is 13.3. The van der Waals surface area contributed by atoms with Crippen LogP contribution in [0.5, 0.6) is 5.75 Å². The topological polar surface area (TPSA) is 33.4 Å². The summed E-state index contributed by atoms with van der Waals surface area (Å²) in [5.74, 6) is 0.316. The van der Waals surface area contributed by atoms with E-state index in [2.05, 4.69) is 24.3 Å². The Balaban J connectivity index is 1.76. The van der Waals surface area contributed by atoms with Crippen molar-refractivity contribution in [2.75, 3.05) is 0 Å². The van der Waals surface area contributed by atoms with Gasteiger partial charge >= 0.3 is 0 Å². The Kier molecular flexibility index (Phi) is 5.43. The normalized spacial score (nSPS) is 15.2. The van der Waals surface area contributed by atoms with Crippen LogP contribution in [0.4, 0.5) is 0 Å². The van der Waals surface area contributed by atoms with E-state index >= 15 is 0 Å². The van der Waals surface area contributed by atoms with Crippen LogP contribution in [0.15, 0.2) is 77.1 Å². The zero-order chi connectivity index (χ0) is 18.5. The van der Waals surface area contributed by atoms with Gasteiger partial charge in [-0.2, -0.15) is 0 Å². The second kappa shape index (κ2) is 8.30. The number of hydrogen-bond donors (Lipinski definition) is 1. The van der Waals surface area contributed by atoms with Crippen molar-refractivity contribution in [3.05, 3.63) is 83.8 Å². The van der Waals surface area contributed by atoms with E-state index in [1.54, 1.807) is 30.2 Å². The van der Waals surface area contributed by atoms with E-state index in [9.17, 15) is 5.11 Å². The van der Waals surface area contributed by atoms with Crippen LogP contribution in [0.1, 0.15) is 56.1 Å². The highest BCUT2D eigenvalue weighted by molar-refractivity contribution is 5.83. The SMILES string of the molecule is Oc1ccc(C(=C2CCCCCCC2)c2ccc(-c3ccoc3)cc2)cc1. The van der Waals surface area contributed by atoms with Crippen LogP contribution in [0, 0.1) is 0 Å². The molecule has 1 aromatic heterocycles. The molecule has 2 heteroatoms. The minimum absolute atomic E-state index is 0.316. The maximum Gasteiger partial charge on any atom is 0.115 e. The first-order valence-corrected chi connectivity index (χ1v) is 9.96. The lowest BCUT2D eigenvalue weighted by Gasteiger charge is -2.19. The molecule has 0 radical (unpaired) electrons. The lowest BCUT2D eigenvalue weighted by atomic mass is 9.86. The molecule has 1 saturated carbocycles. The molecule has 0 unspecified atom stereocenters. The van der Waals surface area contributed by atoms with Crippen LogP contribution in [-0.2, 0) is 0 Å². The summed E-state index contributed by atoms with van der Waals surface area (Å²) < 4.78 is 5.22. The standard InChI is InChI=1S/C25H26O2/c26-24-14-12-22(13-15-24)25(20-6-4-2-1-3-5-7-20)21-10-8-19(9-11-21)23-16-17-27-18-23/h8-18,26H,1-7H2. The average molecular weight is 358 g/mol. The van der Waals surface area contributed by atoms with Gasteiger partial charge in [-0.25, -0.2) is 0 Å². The summed E-state index contributed by atoms with van der Waals surface area (Å²) in [5, 5.41) is 9.72. The van der Waals surface area contributed by atoms with E-state index in [4.69, 9.17) is 4.42 Å². The third-order valence-electron chi connectivity index (χ3n) is 5.49. The van der Waals surface area contributed by atoms with E-state index in [1.807, 2.05) is 18.2 Å². The zero-order valence-electron chi connectivity index (χ0n) is 15.7. The maximum absolute atomic E-state index is 9.72. The number of allylic oxidation sites excluding steroid dienone is 1. The molecule has 1 heterocycles. The number of phenolic OH excluding ortho intramolecular Hbond substituents is 1. The fraction of sp³-hybridized carbons (Fsp3) is 0.280. The van der Waals surface area contributed by atoms with Crippen molar-refractivity contribution in [3.63, 3.8) is 0 Å². The second-order valence-electron chi connectivity index (χ2n) is 7.38. The Bertz CT molecular complexity index is 875. The number of aromatic hydroxyl groups is 1. The molecule has 0 saturated heterocycles. The third kappa shape index (κ3) is 4.16. The quantitative estimate of drug-likeness (QED) is 0.537. The monoisotopic (exact) mass is 358 g/mol. The highest BCUT2D eigenvalue weighted by Crippen LogP contribution is 2.35. The Morgan fingerprint density at radius 2 is 1.26 bits per heavy atom. The molecule has 1 N–H and O–H groups in total. The molecule has 3 aromatic rings. The van der Waals surface area contributed by atoms with E-state index in [0.29, 0.717) is 5.75 Å². The molecule has 2 aromatic carbocycles. The largest absolute Gasteiger partial charge is 0.508 e. The summed E-state index contributed by atoms with van der Waals surface area (Å²) in [6, 6.07) is 18.4. The fourth-order valence-electron chi connectivity index (χ4n) is 4.04. The van der Waals surface area contributed by atoms with Gasteiger partial charge in [-0.3, -0.25) is 0 Å². The average Bonchev–Trinajstić information content (AvgIpc) is 3.20. The molecule has 138 valence electrons. The molecular formula is C25H26O2. The minimum atomic E-state index is 0.316. The molecule has 1 aliphatic rings. The van der Waals surface area contributed by atoms with Gasteiger partial charge in [0.2, 0.25) is 0 Å². The molecule has 2 nitrogen and oxygen atoms in total. The Hall–Kier alpha value is -2.74. The lowest BCUT2D eigenvalue weighted by molar-refractivity contribution is 0.475. The minimum Gasteiger partial charge on any atom is -0.508 e. The predicted octanol–water partition coefficient (Wildman–Crippen LogP) is 7.20. The Labute approximate surface area is 161 Å². The van der Waals surface area contributed by atoms with Crippen molar-refractivity contribution in [1.29, 1.82) is 0 Å². The number of furan rings is 1. The van der Waals surface area contributed by atoms with Crippen molar-refractivity contribution in [3.8, 4) is 16.9 Å². The summed E-state index contributed by atoms with van der Waals surface area (Å²) in [6.45, 7) is 0. The van der Waals surface area contributed by atoms with Gasteiger partial charge in [0, 0.05) is 5.56 Å². The molecule has 0 spiro atoms. The van der Waals surface area contributed by atoms with E-state index in [0.717, 1.165) is 5.56 Å². The first kappa shape index (κ1) is 17.7. The van der Waals surface area contributed by atoms with E-state index < -0.39 is 0 Å². The molecular weight excluding hydrogens is 332 g/mol. The summed E-state index contributed by atoms with van der Waals surface area (Å²) in [5.41, 5.74) is 7.61. The second-order valence-corrected chi connectivity index (χ2v) is 7.38. The van der Waals surface area contributed by atoms with Crippen LogP contribution in [-0.4, -0.2) is 5.11 Å². The highest BCUT2D eigenvalue weighted by Gasteiger charge is 2.14. The van der Waals surface area contributed by atoms with Gasteiger partial charge in [-0.1, -0.05) is 61.2 Å². The predicted molar refractivity (Wildman–Crippen MR) is 111 cm³/mol.